The molecule has 1 aromatic heterocycles. The minimum Gasteiger partial charge on any atom is -0.493 e. The van der Waals surface area contributed by atoms with Crippen molar-refractivity contribution in [3.05, 3.63) is 71.9 Å². The number of carbonyl (C=O) groups is 1. The van der Waals surface area contributed by atoms with E-state index < -0.39 is 0 Å². The summed E-state index contributed by atoms with van der Waals surface area (Å²) in [4.78, 5) is 17.7. The van der Waals surface area contributed by atoms with Crippen molar-refractivity contribution in [1.29, 1.82) is 0 Å². The highest BCUT2D eigenvalue weighted by Gasteiger charge is 2.30. The molecule has 7 heteroatoms. The number of pyridine rings is 1. The number of aryl methyl sites for hydroxylation is 1. The third-order valence-electron chi connectivity index (χ3n) is 4.73. The number of aromatic nitrogens is 1. The molecule has 0 fully saturated rings. The molecule has 0 spiro atoms. The fraction of sp³-hybridized carbons (Fsp3) is 0.217. The zero-order valence-electron chi connectivity index (χ0n) is 17.4. The smallest absolute Gasteiger partial charge is 0.414 e. The van der Waals surface area contributed by atoms with Crippen LogP contribution in [0.5, 0.6) is 11.5 Å². The van der Waals surface area contributed by atoms with Crippen LogP contribution in [-0.4, -0.2) is 26.8 Å². The molecule has 0 saturated heterocycles. The van der Waals surface area contributed by atoms with Crippen molar-refractivity contribution in [3.63, 3.8) is 0 Å². The fourth-order valence-electron chi connectivity index (χ4n) is 3.09. The number of nitrogens with one attached hydrogen (secondary N) is 2. The summed E-state index contributed by atoms with van der Waals surface area (Å²) in [6.45, 7) is 2.53. The van der Waals surface area contributed by atoms with E-state index in [1.807, 2.05) is 6.92 Å². The molecule has 4 N–H and O–H groups in total. The molecule has 0 bridgehead atoms. The number of methoxy groups -OCH3 is 2. The van der Waals surface area contributed by atoms with Crippen LogP contribution in [0.4, 0.5) is 22.0 Å². The van der Waals surface area contributed by atoms with Gasteiger partial charge in [-0.15, -0.1) is 4.90 Å². The first-order valence-electron chi connectivity index (χ1n) is 9.65. The highest BCUT2D eigenvalue weighted by molar-refractivity contribution is 6.00. The summed E-state index contributed by atoms with van der Waals surface area (Å²) < 4.78 is 10.7. The van der Waals surface area contributed by atoms with Gasteiger partial charge in [-0.05, 0) is 43.2 Å². The minimum absolute atomic E-state index is 0.302. The van der Waals surface area contributed by atoms with Crippen LogP contribution in [0.15, 0.2) is 60.8 Å². The van der Waals surface area contributed by atoms with Crippen molar-refractivity contribution >= 4 is 23.2 Å². The number of nitrogen functional groups attached to an aromatic ring is 1. The van der Waals surface area contributed by atoms with E-state index in [0.29, 0.717) is 35.2 Å². The molecular weight excluding hydrogens is 380 g/mol. The van der Waals surface area contributed by atoms with E-state index in [9.17, 15) is 4.79 Å². The third kappa shape index (κ3) is 4.81. The first-order chi connectivity index (χ1) is 14.5. The number of ether oxygens (including phenoxy) is 2. The molecule has 3 rings (SSSR count). The van der Waals surface area contributed by atoms with Gasteiger partial charge in [-0.3, -0.25) is 0 Å². The number of aromatic amines is 1. The molecule has 0 atom stereocenters. The van der Waals surface area contributed by atoms with Crippen LogP contribution in [0, 0.1) is 6.92 Å². The number of rotatable bonds is 7. The predicted molar refractivity (Wildman–Crippen MR) is 117 cm³/mol. The molecule has 0 radical (unpaired) electrons. The Hall–Kier alpha value is -3.74. The van der Waals surface area contributed by atoms with Crippen molar-refractivity contribution < 1.29 is 19.3 Å². The average molecular weight is 407 g/mol. The Morgan fingerprint density at radius 2 is 1.80 bits per heavy atom. The molecule has 0 aliphatic carbocycles. The number of nitrogens with two attached hydrogens (primary N) is 1. The van der Waals surface area contributed by atoms with Crippen LogP contribution in [-0.2, 0) is 6.42 Å². The van der Waals surface area contributed by atoms with Crippen LogP contribution < -0.4 is 30.4 Å². The number of benzene rings is 2. The summed E-state index contributed by atoms with van der Waals surface area (Å²) in [6, 6.07) is 16.7. The predicted octanol–water partition coefficient (Wildman–Crippen LogP) is 3.50. The maximum absolute atomic E-state index is 13.2. The summed E-state index contributed by atoms with van der Waals surface area (Å²) in [5.74, 6) is 1.56. The van der Waals surface area contributed by atoms with Gasteiger partial charge >= 0.3 is 11.8 Å². The molecule has 2 amide bonds. The second-order valence-corrected chi connectivity index (χ2v) is 6.82. The number of anilines is 3. The lowest BCUT2D eigenvalue weighted by Crippen LogP contribution is -2.40. The second-order valence-electron chi connectivity index (χ2n) is 6.82. The van der Waals surface area contributed by atoms with E-state index in [1.54, 1.807) is 50.7 Å². The van der Waals surface area contributed by atoms with Gasteiger partial charge < -0.3 is 20.5 Å². The Balaban J connectivity index is 1.85. The third-order valence-corrected chi connectivity index (χ3v) is 4.73. The van der Waals surface area contributed by atoms with E-state index in [4.69, 9.17) is 15.2 Å². The quantitative estimate of drug-likeness (QED) is 0.627. The Morgan fingerprint density at radius 3 is 2.47 bits per heavy atom. The number of nitrogens with zero attached hydrogens (tertiary/aromatic N) is 1. The van der Waals surface area contributed by atoms with Crippen LogP contribution >= 0.6 is 0 Å². The van der Waals surface area contributed by atoms with Gasteiger partial charge in [0.05, 0.1) is 20.4 Å². The number of amides is 2. The Kier molecular flexibility index (Phi) is 6.75. The number of hydrogen-bond acceptors (Lipinski definition) is 4. The minimum atomic E-state index is -0.302. The van der Waals surface area contributed by atoms with Crippen LogP contribution in [0.1, 0.15) is 11.1 Å². The number of hydrogen-bond donors (Lipinski definition) is 2. The molecule has 0 saturated carbocycles. The highest BCUT2D eigenvalue weighted by atomic mass is 16.5. The van der Waals surface area contributed by atoms with Crippen LogP contribution in [0.3, 0.4) is 0 Å². The van der Waals surface area contributed by atoms with Gasteiger partial charge in [-0.25, -0.2) is 9.78 Å². The molecule has 7 nitrogen and oxygen atoms in total. The van der Waals surface area contributed by atoms with Crippen molar-refractivity contribution in [2.45, 2.75) is 13.3 Å². The molecule has 156 valence electrons. The maximum Gasteiger partial charge on any atom is 0.414 e. The maximum atomic E-state index is 13.2. The van der Waals surface area contributed by atoms with Gasteiger partial charge in [0.15, 0.2) is 11.5 Å². The normalized spacial score (nSPS) is 10.4. The topological polar surface area (TPSA) is 91.0 Å². The van der Waals surface area contributed by atoms with Gasteiger partial charge in [-0.1, -0.05) is 29.8 Å². The van der Waals surface area contributed by atoms with Gasteiger partial charge in [0.25, 0.3) is 0 Å². The monoisotopic (exact) mass is 407 g/mol. The Labute approximate surface area is 176 Å². The van der Waals surface area contributed by atoms with E-state index >= 15 is 0 Å². The van der Waals surface area contributed by atoms with Crippen molar-refractivity contribution in [2.75, 3.05) is 31.4 Å². The number of H-pyrrole nitrogens is 1. The van der Waals surface area contributed by atoms with Gasteiger partial charge in [0.2, 0.25) is 0 Å². The molecule has 1 heterocycles. The zero-order chi connectivity index (χ0) is 21.5. The molecule has 0 unspecified atom stereocenters. The van der Waals surface area contributed by atoms with Crippen LogP contribution in [0.2, 0.25) is 0 Å². The molecule has 3 aromatic rings. The van der Waals surface area contributed by atoms with Crippen LogP contribution in [0.25, 0.3) is 0 Å². The molecule has 30 heavy (non-hydrogen) atoms. The summed E-state index contributed by atoms with van der Waals surface area (Å²) in [5.41, 5.74) is 9.55. The largest absolute Gasteiger partial charge is 0.493 e. The summed E-state index contributed by atoms with van der Waals surface area (Å²) >= 11 is 0. The van der Waals surface area contributed by atoms with Crippen molar-refractivity contribution in [3.8, 4) is 11.5 Å². The summed E-state index contributed by atoms with van der Waals surface area (Å²) in [7, 11) is 3.12. The van der Waals surface area contributed by atoms with E-state index in [-0.39, 0.29) is 6.03 Å². The van der Waals surface area contributed by atoms with Gasteiger partial charge in [0.1, 0.15) is 11.4 Å². The molecule has 0 aliphatic rings. The SMILES string of the molecule is COc1ccc(N(C(=O)NCCc2ccc(C)cc2)c2[nH+]cccc2N)cc1OC. The Bertz CT molecular complexity index is 1010. The first-order valence-corrected chi connectivity index (χ1v) is 9.65. The molecule has 2 aromatic carbocycles. The zero-order valence-corrected chi connectivity index (χ0v) is 17.4. The highest BCUT2D eigenvalue weighted by Crippen LogP contribution is 2.34. The number of urea groups is 1. The van der Waals surface area contributed by atoms with Gasteiger partial charge in [0, 0.05) is 12.6 Å². The Morgan fingerprint density at radius 1 is 1.07 bits per heavy atom. The lowest BCUT2D eigenvalue weighted by molar-refractivity contribution is -0.361. The summed E-state index contributed by atoms with van der Waals surface area (Å²) in [6.07, 6.45) is 2.44. The number of carbonyl (C=O) groups excluding carboxylic acids is 1. The van der Waals surface area contributed by atoms with Crippen molar-refractivity contribution in [2.24, 2.45) is 0 Å². The first kappa shape index (κ1) is 21.0. The van der Waals surface area contributed by atoms with E-state index in [0.717, 1.165) is 12.0 Å². The van der Waals surface area contributed by atoms with Gasteiger partial charge in [-0.2, -0.15) is 0 Å². The fourth-order valence-corrected chi connectivity index (χ4v) is 3.09. The van der Waals surface area contributed by atoms with E-state index in [1.165, 1.54) is 10.5 Å². The average Bonchev–Trinajstić information content (AvgIpc) is 2.76. The standard InChI is InChI=1S/C23H26N4O3/c1-16-6-8-17(9-7-16)12-14-26-23(28)27(22-19(24)5-4-13-25-22)18-10-11-20(29-2)21(15-18)30-3/h4-11,13,15H,12,14,24H2,1-3H3,(H,26,28)/p+1. The van der Waals surface area contributed by atoms with E-state index in [2.05, 4.69) is 34.6 Å². The molecule has 0 aliphatic heterocycles. The lowest BCUT2D eigenvalue weighted by Gasteiger charge is -2.17. The second kappa shape index (κ2) is 9.65. The molecular formula is C23H27N4O3+. The van der Waals surface area contributed by atoms with Crippen molar-refractivity contribution in [1.82, 2.24) is 5.32 Å². The summed E-state index contributed by atoms with van der Waals surface area (Å²) in [5, 5.41) is 2.98. The lowest BCUT2D eigenvalue weighted by atomic mass is 10.1.